The summed E-state index contributed by atoms with van der Waals surface area (Å²) in [5, 5.41) is 0. The van der Waals surface area contributed by atoms with E-state index in [9.17, 15) is 9.59 Å². The molecular weight excluding hydrogens is 465 g/mol. The van der Waals surface area contributed by atoms with E-state index in [1.165, 1.54) is 11.1 Å². The zero-order valence-corrected chi connectivity index (χ0v) is 18.5. The van der Waals surface area contributed by atoms with Crippen molar-refractivity contribution in [2.45, 2.75) is 27.7 Å². The van der Waals surface area contributed by atoms with Gasteiger partial charge >= 0.3 is 5.97 Å². The van der Waals surface area contributed by atoms with Crippen LogP contribution in [0.4, 0.5) is 0 Å². The van der Waals surface area contributed by atoms with Crippen molar-refractivity contribution in [3.05, 3.63) is 85.7 Å². The first-order chi connectivity index (χ1) is 13.3. The monoisotopic (exact) mass is 487 g/mol. The predicted molar refractivity (Wildman–Crippen MR) is 118 cm³/mol. The Morgan fingerprint density at radius 3 is 2.25 bits per heavy atom. The maximum atomic E-state index is 12.7. The van der Waals surface area contributed by atoms with Gasteiger partial charge in [0.1, 0.15) is 0 Å². The summed E-state index contributed by atoms with van der Waals surface area (Å²) in [4.78, 5) is 24.8. The molecule has 0 amide bonds. The second-order valence-electron chi connectivity index (χ2n) is 6.89. The number of carbonyl (C=O) groups is 2. The molecule has 0 spiro atoms. The second-order valence-corrected chi connectivity index (χ2v) is 8.14. The maximum Gasteiger partial charge on any atom is 0.338 e. The fraction of sp³-hybridized carbons (Fsp3) is 0.217. The van der Waals surface area contributed by atoms with Crippen LogP contribution in [0.1, 0.15) is 43.2 Å². The largest absolute Gasteiger partial charge is 0.454 e. The molecule has 0 aliphatic rings. The van der Waals surface area contributed by atoms with E-state index in [0.29, 0.717) is 11.1 Å². The Morgan fingerprint density at radius 1 is 0.929 bits per heavy atom. The van der Waals surface area contributed by atoms with Crippen LogP contribution in [0.15, 0.2) is 48.5 Å². The Kier molecular flexibility index (Phi) is 6.03. The van der Waals surface area contributed by atoms with Gasteiger partial charge in [-0.25, -0.2) is 4.79 Å². The van der Waals surface area contributed by atoms with E-state index in [4.69, 9.17) is 4.74 Å². The molecule has 0 aliphatic heterocycles. The summed E-state index contributed by atoms with van der Waals surface area (Å²) in [5.74, 6) is -0.699. The van der Waals surface area contributed by atoms with Crippen molar-refractivity contribution < 1.29 is 14.3 Å². The van der Waals surface area contributed by atoms with Gasteiger partial charge < -0.3 is 9.30 Å². The van der Waals surface area contributed by atoms with Crippen molar-refractivity contribution in [1.29, 1.82) is 0 Å². The highest BCUT2D eigenvalue weighted by molar-refractivity contribution is 14.1. The quantitative estimate of drug-likeness (QED) is 0.277. The summed E-state index contributed by atoms with van der Waals surface area (Å²) in [5.41, 5.74) is 6.27. The molecule has 1 heterocycles. The summed E-state index contributed by atoms with van der Waals surface area (Å²) in [6.07, 6.45) is 0. The lowest BCUT2D eigenvalue weighted by Gasteiger charge is -2.12. The zero-order valence-electron chi connectivity index (χ0n) is 16.4. The summed E-state index contributed by atoms with van der Waals surface area (Å²) in [6.45, 7) is 7.75. The summed E-state index contributed by atoms with van der Waals surface area (Å²) >= 11 is 2.17. The number of hydrogen-bond donors (Lipinski definition) is 0. The number of hydrogen-bond acceptors (Lipinski definition) is 3. The van der Waals surface area contributed by atoms with E-state index in [2.05, 4.69) is 53.1 Å². The number of carbonyl (C=O) groups excluding carboxylic acids is 2. The van der Waals surface area contributed by atoms with Gasteiger partial charge in [-0.3, -0.25) is 4.79 Å². The van der Waals surface area contributed by atoms with Crippen LogP contribution in [-0.4, -0.2) is 22.9 Å². The highest BCUT2D eigenvalue weighted by atomic mass is 127. The molecule has 0 aliphatic carbocycles. The third kappa shape index (κ3) is 4.19. The van der Waals surface area contributed by atoms with Gasteiger partial charge in [0, 0.05) is 26.2 Å². The number of halogens is 1. The van der Waals surface area contributed by atoms with Crippen LogP contribution in [0.3, 0.4) is 0 Å². The molecule has 3 rings (SSSR count). The first-order valence-corrected chi connectivity index (χ1v) is 10.1. The van der Waals surface area contributed by atoms with Crippen molar-refractivity contribution in [2.24, 2.45) is 0 Å². The number of rotatable bonds is 5. The molecular formula is C23H22INO3. The Hall–Kier alpha value is -2.41. The molecule has 5 heteroatoms. The standard InChI is InChI=1S/C23H22INO3/c1-14-5-10-20(11-15(14)2)25-16(3)12-21(17(25)4)22(26)13-28-23(27)18-6-8-19(24)9-7-18/h5-12H,13H2,1-4H3. The average molecular weight is 487 g/mol. The molecule has 28 heavy (non-hydrogen) atoms. The van der Waals surface area contributed by atoms with Crippen LogP contribution < -0.4 is 0 Å². The third-order valence-electron chi connectivity index (χ3n) is 4.89. The summed E-state index contributed by atoms with van der Waals surface area (Å²) in [7, 11) is 0. The van der Waals surface area contributed by atoms with Crippen LogP contribution >= 0.6 is 22.6 Å². The highest BCUT2D eigenvalue weighted by Crippen LogP contribution is 2.23. The molecule has 3 aromatic rings. The van der Waals surface area contributed by atoms with Gasteiger partial charge in [-0.2, -0.15) is 0 Å². The molecule has 0 unspecified atom stereocenters. The van der Waals surface area contributed by atoms with Gasteiger partial charge in [0.2, 0.25) is 5.78 Å². The Bertz CT molecular complexity index is 1050. The molecule has 144 valence electrons. The molecule has 1 aromatic heterocycles. The van der Waals surface area contributed by atoms with Gasteiger partial charge in [0.05, 0.1) is 5.56 Å². The lowest BCUT2D eigenvalue weighted by atomic mass is 10.1. The Labute approximate surface area is 178 Å². The number of nitrogens with zero attached hydrogens (tertiary/aromatic N) is 1. The van der Waals surface area contributed by atoms with Gasteiger partial charge in [0.15, 0.2) is 6.61 Å². The average Bonchev–Trinajstić information content (AvgIpc) is 2.97. The van der Waals surface area contributed by atoms with Gasteiger partial charge in [-0.05, 0) is 104 Å². The minimum Gasteiger partial charge on any atom is -0.454 e. The molecule has 0 fully saturated rings. The van der Waals surface area contributed by atoms with Gasteiger partial charge in [0.25, 0.3) is 0 Å². The van der Waals surface area contributed by atoms with E-state index in [1.807, 2.05) is 38.1 Å². The van der Waals surface area contributed by atoms with Crippen LogP contribution in [-0.2, 0) is 4.74 Å². The molecule has 0 N–H and O–H groups in total. The molecule has 0 radical (unpaired) electrons. The lowest BCUT2D eigenvalue weighted by molar-refractivity contribution is 0.0474. The molecule has 4 nitrogen and oxygen atoms in total. The fourth-order valence-corrected chi connectivity index (χ4v) is 3.54. The SMILES string of the molecule is Cc1ccc(-n2c(C)cc(C(=O)COC(=O)c3ccc(I)cc3)c2C)cc1C. The van der Waals surface area contributed by atoms with Crippen LogP contribution in [0, 0.1) is 31.3 Å². The number of aromatic nitrogens is 1. The molecule has 0 saturated heterocycles. The minimum atomic E-state index is -0.493. The number of aryl methyl sites for hydroxylation is 3. The molecule has 0 bridgehead atoms. The van der Waals surface area contributed by atoms with Crippen LogP contribution in [0.25, 0.3) is 5.69 Å². The van der Waals surface area contributed by atoms with Gasteiger partial charge in [-0.15, -0.1) is 0 Å². The van der Waals surface area contributed by atoms with E-state index in [1.54, 1.807) is 12.1 Å². The number of ether oxygens (including phenoxy) is 1. The summed E-state index contributed by atoms with van der Waals surface area (Å²) in [6, 6.07) is 15.1. The predicted octanol–water partition coefficient (Wildman–Crippen LogP) is 5.36. The number of Topliss-reactive ketones (excluding diaryl/α,β-unsaturated/α-hetero) is 1. The number of ketones is 1. The Balaban J connectivity index is 1.78. The highest BCUT2D eigenvalue weighted by Gasteiger charge is 2.19. The third-order valence-corrected chi connectivity index (χ3v) is 5.61. The minimum absolute atomic E-state index is 0.206. The van der Waals surface area contributed by atoms with Crippen molar-refractivity contribution >= 4 is 34.3 Å². The number of benzene rings is 2. The van der Waals surface area contributed by atoms with Crippen LogP contribution in [0.2, 0.25) is 0 Å². The van der Waals surface area contributed by atoms with Crippen LogP contribution in [0.5, 0.6) is 0 Å². The van der Waals surface area contributed by atoms with Crippen molar-refractivity contribution in [3.63, 3.8) is 0 Å². The van der Waals surface area contributed by atoms with E-state index in [0.717, 1.165) is 20.6 Å². The normalized spacial score (nSPS) is 10.8. The Morgan fingerprint density at radius 2 is 1.61 bits per heavy atom. The van der Waals surface area contributed by atoms with Crippen molar-refractivity contribution in [1.82, 2.24) is 4.57 Å². The first kappa shape index (κ1) is 20.3. The molecule has 0 saturated carbocycles. The van der Waals surface area contributed by atoms with Crippen molar-refractivity contribution in [2.75, 3.05) is 6.61 Å². The van der Waals surface area contributed by atoms with E-state index >= 15 is 0 Å². The maximum absolute atomic E-state index is 12.7. The lowest BCUT2D eigenvalue weighted by Crippen LogP contribution is -2.15. The smallest absolute Gasteiger partial charge is 0.338 e. The van der Waals surface area contributed by atoms with Crippen molar-refractivity contribution in [3.8, 4) is 5.69 Å². The van der Waals surface area contributed by atoms with E-state index in [-0.39, 0.29) is 12.4 Å². The second kappa shape index (κ2) is 8.31. The first-order valence-electron chi connectivity index (χ1n) is 9.00. The summed E-state index contributed by atoms with van der Waals surface area (Å²) < 4.78 is 8.32. The fourth-order valence-electron chi connectivity index (χ4n) is 3.19. The van der Waals surface area contributed by atoms with E-state index < -0.39 is 5.97 Å². The number of esters is 1. The topological polar surface area (TPSA) is 48.3 Å². The zero-order chi connectivity index (χ0) is 20.4. The molecule has 0 atom stereocenters. The van der Waals surface area contributed by atoms with Gasteiger partial charge in [-0.1, -0.05) is 6.07 Å². The molecule has 2 aromatic carbocycles.